The average Bonchev–Trinajstić information content (AvgIpc) is 2.80. The minimum atomic E-state index is -0.229. The SMILES string of the molecule is Cc1ccc(CN(C)C(=O)C2(C)CCNC2)c(C)c1. The third-order valence-electron chi connectivity index (χ3n) is 4.14. The van der Waals surface area contributed by atoms with Crippen LogP contribution in [0.3, 0.4) is 0 Å². The summed E-state index contributed by atoms with van der Waals surface area (Å²) in [5, 5.41) is 3.28. The number of nitrogens with zero attached hydrogens (tertiary/aromatic N) is 1. The summed E-state index contributed by atoms with van der Waals surface area (Å²) in [5.41, 5.74) is 3.53. The minimum absolute atomic E-state index is 0.229. The van der Waals surface area contributed by atoms with E-state index in [1.165, 1.54) is 16.7 Å². The molecule has 1 amide bonds. The van der Waals surface area contributed by atoms with Crippen molar-refractivity contribution in [1.82, 2.24) is 10.2 Å². The van der Waals surface area contributed by atoms with Crippen LogP contribution in [-0.2, 0) is 11.3 Å². The van der Waals surface area contributed by atoms with Gasteiger partial charge in [0.05, 0.1) is 5.41 Å². The van der Waals surface area contributed by atoms with Crippen LogP contribution in [0.2, 0.25) is 0 Å². The third-order valence-corrected chi connectivity index (χ3v) is 4.14. The quantitative estimate of drug-likeness (QED) is 0.904. The lowest BCUT2D eigenvalue weighted by molar-refractivity contribution is -0.139. The zero-order valence-corrected chi connectivity index (χ0v) is 12.4. The first-order chi connectivity index (χ1) is 8.92. The van der Waals surface area contributed by atoms with Crippen molar-refractivity contribution in [3.8, 4) is 0 Å². The van der Waals surface area contributed by atoms with Crippen molar-refractivity contribution in [2.24, 2.45) is 5.41 Å². The van der Waals surface area contributed by atoms with Gasteiger partial charge in [-0.1, -0.05) is 23.8 Å². The number of hydrogen-bond donors (Lipinski definition) is 1. The zero-order chi connectivity index (χ0) is 14.0. The molecule has 1 saturated heterocycles. The van der Waals surface area contributed by atoms with Crippen molar-refractivity contribution in [1.29, 1.82) is 0 Å². The van der Waals surface area contributed by atoms with Crippen LogP contribution in [0.25, 0.3) is 0 Å². The van der Waals surface area contributed by atoms with Gasteiger partial charge >= 0.3 is 0 Å². The van der Waals surface area contributed by atoms with E-state index in [9.17, 15) is 4.79 Å². The molecule has 0 spiro atoms. The lowest BCUT2D eigenvalue weighted by atomic mass is 9.88. The van der Waals surface area contributed by atoms with Crippen LogP contribution in [0.15, 0.2) is 18.2 Å². The summed E-state index contributed by atoms with van der Waals surface area (Å²) in [6.07, 6.45) is 0.934. The third kappa shape index (κ3) is 2.98. The Morgan fingerprint density at radius 3 is 2.74 bits per heavy atom. The molecular formula is C16H24N2O. The smallest absolute Gasteiger partial charge is 0.229 e. The molecule has 1 N–H and O–H groups in total. The van der Waals surface area contributed by atoms with E-state index in [1.807, 2.05) is 11.9 Å². The molecule has 1 aliphatic heterocycles. The van der Waals surface area contributed by atoms with Gasteiger partial charge < -0.3 is 10.2 Å². The summed E-state index contributed by atoms with van der Waals surface area (Å²) in [5.74, 6) is 0.248. The molecule has 2 rings (SSSR count). The summed E-state index contributed by atoms with van der Waals surface area (Å²) in [6, 6.07) is 6.41. The number of nitrogens with one attached hydrogen (secondary N) is 1. The fraction of sp³-hybridized carbons (Fsp3) is 0.562. The number of carbonyl (C=O) groups is 1. The van der Waals surface area contributed by atoms with E-state index in [2.05, 4.69) is 44.3 Å². The van der Waals surface area contributed by atoms with Gasteiger partial charge in [-0.3, -0.25) is 4.79 Å². The molecular weight excluding hydrogens is 236 g/mol. The Labute approximate surface area is 116 Å². The maximum absolute atomic E-state index is 12.5. The topological polar surface area (TPSA) is 32.3 Å². The standard InChI is InChI=1S/C16H24N2O/c1-12-5-6-14(13(2)9-12)10-18(4)15(19)16(3)7-8-17-11-16/h5-6,9,17H,7-8,10-11H2,1-4H3. The summed E-state index contributed by atoms with van der Waals surface area (Å²) >= 11 is 0. The van der Waals surface area contributed by atoms with Gasteiger partial charge in [-0.05, 0) is 44.9 Å². The molecule has 1 heterocycles. The van der Waals surface area contributed by atoms with E-state index in [-0.39, 0.29) is 11.3 Å². The second-order valence-corrected chi connectivity index (χ2v) is 6.08. The number of rotatable bonds is 3. The van der Waals surface area contributed by atoms with Gasteiger partial charge in [-0.2, -0.15) is 0 Å². The van der Waals surface area contributed by atoms with Crippen molar-refractivity contribution >= 4 is 5.91 Å². The lowest BCUT2D eigenvalue weighted by Crippen LogP contribution is -2.41. The Hall–Kier alpha value is -1.35. The van der Waals surface area contributed by atoms with Crippen LogP contribution >= 0.6 is 0 Å². The largest absolute Gasteiger partial charge is 0.341 e. The highest BCUT2D eigenvalue weighted by atomic mass is 16.2. The minimum Gasteiger partial charge on any atom is -0.341 e. The summed E-state index contributed by atoms with van der Waals surface area (Å²) in [7, 11) is 1.91. The lowest BCUT2D eigenvalue weighted by Gasteiger charge is -2.28. The first-order valence-electron chi connectivity index (χ1n) is 6.95. The van der Waals surface area contributed by atoms with Crippen LogP contribution in [0, 0.1) is 19.3 Å². The monoisotopic (exact) mass is 260 g/mol. The number of amides is 1. The average molecular weight is 260 g/mol. The number of carbonyl (C=O) groups excluding carboxylic acids is 1. The first kappa shape index (κ1) is 14.1. The van der Waals surface area contributed by atoms with Gasteiger partial charge in [-0.25, -0.2) is 0 Å². The Morgan fingerprint density at radius 1 is 1.42 bits per heavy atom. The van der Waals surface area contributed by atoms with Crippen LogP contribution in [0.5, 0.6) is 0 Å². The van der Waals surface area contributed by atoms with Gasteiger partial charge in [0.1, 0.15) is 0 Å². The zero-order valence-electron chi connectivity index (χ0n) is 12.4. The van der Waals surface area contributed by atoms with Crippen molar-refractivity contribution in [2.45, 2.75) is 33.7 Å². The van der Waals surface area contributed by atoms with Crippen LogP contribution in [0.1, 0.15) is 30.0 Å². The van der Waals surface area contributed by atoms with Gasteiger partial charge in [0.2, 0.25) is 5.91 Å². The molecule has 3 heteroatoms. The Morgan fingerprint density at radius 2 is 2.16 bits per heavy atom. The molecule has 0 aliphatic carbocycles. The van der Waals surface area contributed by atoms with E-state index < -0.39 is 0 Å². The van der Waals surface area contributed by atoms with E-state index >= 15 is 0 Å². The molecule has 1 fully saturated rings. The maximum atomic E-state index is 12.5. The summed E-state index contributed by atoms with van der Waals surface area (Å²) < 4.78 is 0. The van der Waals surface area contributed by atoms with Crippen LogP contribution in [-0.4, -0.2) is 30.9 Å². The number of benzene rings is 1. The van der Waals surface area contributed by atoms with Gasteiger partial charge in [0.15, 0.2) is 0 Å². The molecule has 19 heavy (non-hydrogen) atoms. The van der Waals surface area contributed by atoms with Crippen molar-refractivity contribution in [3.05, 3.63) is 34.9 Å². The van der Waals surface area contributed by atoms with E-state index in [4.69, 9.17) is 0 Å². The first-order valence-corrected chi connectivity index (χ1v) is 6.95. The van der Waals surface area contributed by atoms with Crippen LogP contribution in [0.4, 0.5) is 0 Å². The second-order valence-electron chi connectivity index (χ2n) is 6.08. The Balaban J connectivity index is 2.08. The molecule has 104 valence electrons. The van der Waals surface area contributed by atoms with Crippen molar-refractivity contribution in [3.63, 3.8) is 0 Å². The molecule has 1 unspecified atom stereocenters. The van der Waals surface area contributed by atoms with E-state index in [0.717, 1.165) is 19.5 Å². The Kier molecular flexibility index (Phi) is 3.95. The van der Waals surface area contributed by atoms with Gasteiger partial charge in [-0.15, -0.1) is 0 Å². The second kappa shape index (κ2) is 5.33. The molecule has 1 aromatic rings. The molecule has 3 nitrogen and oxygen atoms in total. The number of aryl methyl sites for hydroxylation is 2. The fourth-order valence-corrected chi connectivity index (χ4v) is 2.81. The van der Waals surface area contributed by atoms with Gasteiger partial charge in [0, 0.05) is 20.1 Å². The van der Waals surface area contributed by atoms with E-state index in [1.54, 1.807) is 0 Å². The molecule has 0 radical (unpaired) electrons. The molecule has 0 aromatic heterocycles. The van der Waals surface area contributed by atoms with Crippen LogP contribution < -0.4 is 5.32 Å². The summed E-state index contributed by atoms with van der Waals surface area (Å²) in [4.78, 5) is 14.4. The van der Waals surface area contributed by atoms with Crippen molar-refractivity contribution in [2.75, 3.05) is 20.1 Å². The highest BCUT2D eigenvalue weighted by Gasteiger charge is 2.38. The molecule has 0 bridgehead atoms. The highest BCUT2D eigenvalue weighted by Crippen LogP contribution is 2.27. The predicted molar refractivity (Wildman–Crippen MR) is 78.0 cm³/mol. The Bertz CT molecular complexity index is 476. The summed E-state index contributed by atoms with van der Waals surface area (Å²) in [6.45, 7) is 8.70. The van der Waals surface area contributed by atoms with Gasteiger partial charge in [0.25, 0.3) is 0 Å². The molecule has 0 saturated carbocycles. The fourth-order valence-electron chi connectivity index (χ4n) is 2.81. The normalized spacial score (nSPS) is 22.5. The maximum Gasteiger partial charge on any atom is 0.229 e. The highest BCUT2D eigenvalue weighted by molar-refractivity contribution is 5.82. The predicted octanol–water partition coefficient (Wildman–Crippen LogP) is 2.26. The van der Waals surface area contributed by atoms with Crippen molar-refractivity contribution < 1.29 is 4.79 Å². The molecule has 1 atom stereocenters. The molecule has 1 aromatic carbocycles. The number of hydrogen-bond acceptors (Lipinski definition) is 2. The van der Waals surface area contributed by atoms with E-state index in [0.29, 0.717) is 6.54 Å². The molecule has 1 aliphatic rings.